The van der Waals surface area contributed by atoms with Gasteiger partial charge in [0.2, 0.25) is 0 Å². The van der Waals surface area contributed by atoms with E-state index in [1.165, 1.54) is 5.39 Å². The number of rotatable bonds is 6. The fourth-order valence-corrected chi connectivity index (χ4v) is 8.83. The third-order valence-corrected chi connectivity index (χ3v) is 11.6. The highest BCUT2D eigenvalue weighted by Gasteiger charge is 2.27. The van der Waals surface area contributed by atoms with Gasteiger partial charge in [-0.2, -0.15) is 0 Å². The van der Waals surface area contributed by atoms with Gasteiger partial charge in [0.05, 0.1) is 26.3 Å². The second-order valence-corrected chi connectivity index (χ2v) is 15.1. The van der Waals surface area contributed by atoms with E-state index in [4.69, 9.17) is 19.0 Å². The van der Waals surface area contributed by atoms with E-state index in [0.717, 1.165) is 83.0 Å². The van der Waals surface area contributed by atoms with Crippen LogP contribution in [0.2, 0.25) is 0 Å². The van der Waals surface area contributed by atoms with Crippen molar-refractivity contribution in [2.45, 2.75) is 0 Å². The first-order chi connectivity index (χ1) is 33.2. The van der Waals surface area contributed by atoms with Crippen LogP contribution in [0.5, 0.6) is 0 Å². The zero-order valence-corrected chi connectivity index (χ0v) is 32.5. The molecule has 0 bridgehead atoms. The third kappa shape index (κ3) is 5.82. The highest BCUT2D eigenvalue weighted by molar-refractivity contribution is 6.15. The lowest BCUT2D eigenvalue weighted by Crippen LogP contribution is -1.91. The molecule has 0 spiro atoms. The quantitative estimate of drug-likeness (QED) is 0.158. The molecule has 0 N–H and O–H groups in total. The van der Waals surface area contributed by atoms with Crippen molar-refractivity contribution in [3.05, 3.63) is 218 Å². The van der Waals surface area contributed by atoms with Crippen molar-refractivity contribution in [3.8, 4) is 67.3 Å². The van der Waals surface area contributed by atoms with Crippen LogP contribution >= 0.6 is 0 Å². The van der Waals surface area contributed by atoms with Gasteiger partial charge in [0, 0.05) is 44.8 Å². The van der Waals surface area contributed by atoms with Crippen LogP contribution in [0.15, 0.2) is 223 Å². The Hall–Kier alpha value is -8.14. The highest BCUT2D eigenvalue weighted by atomic mass is 16.3. The van der Waals surface area contributed by atoms with E-state index in [9.17, 15) is 0 Å². The topological polar surface area (TPSA) is 38.9 Å². The van der Waals surface area contributed by atoms with Crippen LogP contribution in [0.4, 0.5) is 0 Å². The van der Waals surface area contributed by atoms with E-state index in [0.29, 0.717) is 5.56 Å². The number of benzene rings is 9. The first-order valence-corrected chi connectivity index (χ1v) is 20.2. The molecule has 0 unspecified atom stereocenters. The minimum Gasteiger partial charge on any atom is -0.455 e. The van der Waals surface area contributed by atoms with Crippen LogP contribution in [0.25, 0.3) is 121 Å². The molecule has 0 aliphatic rings. The molecule has 3 aromatic heterocycles. The van der Waals surface area contributed by atoms with Crippen LogP contribution in [0.1, 0.15) is 9.60 Å². The molecule has 12 rings (SSSR count). The van der Waals surface area contributed by atoms with E-state index < -0.39 is 18.3 Å². The predicted molar refractivity (Wildman–Crippen MR) is 254 cm³/mol. The largest absolute Gasteiger partial charge is 0.455 e. The number of furan rings is 1. The van der Waals surface area contributed by atoms with Gasteiger partial charge in [0.15, 0.2) is 0 Å². The summed E-state index contributed by atoms with van der Waals surface area (Å²) in [5.41, 5.74) is 8.65. The molecule has 3 heterocycles. The normalized spacial score (nSPS) is 13.2. The van der Waals surface area contributed by atoms with Crippen molar-refractivity contribution in [1.82, 2.24) is 9.97 Å². The summed E-state index contributed by atoms with van der Waals surface area (Å²) in [4.78, 5) is 9.09. The van der Waals surface area contributed by atoms with E-state index in [1.54, 1.807) is 0 Å². The lowest BCUT2D eigenvalue weighted by Gasteiger charge is -2.13. The second-order valence-electron chi connectivity index (χ2n) is 15.1. The van der Waals surface area contributed by atoms with Crippen molar-refractivity contribution in [3.63, 3.8) is 0 Å². The number of pyridine rings is 2. The lowest BCUT2D eigenvalue weighted by molar-refractivity contribution is 0.599. The summed E-state index contributed by atoms with van der Waals surface area (Å²) in [5, 5.41) is 6.09. The fraction of sp³-hybridized carbons (Fsp3) is 0. The maximum atomic E-state index is 9.16. The van der Waals surface area contributed by atoms with Gasteiger partial charge in [0.25, 0.3) is 0 Å². The summed E-state index contributed by atoms with van der Waals surface area (Å²) in [6.07, 6.45) is -0.467. The molecule has 0 radical (unpaired) electrons. The monoisotopic (exact) mass is 783 g/mol. The molecule has 0 aliphatic carbocycles. The maximum absolute atomic E-state index is 9.16. The summed E-state index contributed by atoms with van der Waals surface area (Å²) in [6, 6.07) is 58.0. The summed E-state index contributed by atoms with van der Waals surface area (Å²) in [6.45, 7) is 0. The standard InChI is InChI=1S/C58H36N2O/c1-3-14-38(15-4-1)53-54(39-16-5-2-6-17-39)58(51-36-43-18-7-8-20-44(43)46-21-10-12-24-49(46)51)61-57(53)42-29-25-37(26-30-42)45-32-33-50(48-23-11-9-22-47(45)48)52-34-31-41-28-27-40-19-13-35-59-55(40)56(41)60-52/h1-36H/i13D,19D,27D,28D,31D,34D,35D. The minimum atomic E-state index is -0.467. The van der Waals surface area contributed by atoms with E-state index in [2.05, 4.69) is 132 Å². The molecule has 0 atom stereocenters. The number of hydrogen-bond acceptors (Lipinski definition) is 3. The van der Waals surface area contributed by atoms with Crippen LogP contribution < -0.4 is 0 Å². The minimum absolute atomic E-state index is 0.0108. The van der Waals surface area contributed by atoms with Gasteiger partial charge in [-0.25, -0.2) is 4.98 Å². The zero-order chi connectivity index (χ0) is 46.4. The zero-order valence-electron chi connectivity index (χ0n) is 39.5. The Kier molecular flexibility index (Phi) is 6.64. The molecule has 3 nitrogen and oxygen atoms in total. The lowest BCUT2D eigenvalue weighted by atomic mass is 9.89. The van der Waals surface area contributed by atoms with E-state index in [-0.39, 0.29) is 51.7 Å². The Morgan fingerprint density at radius 2 is 0.918 bits per heavy atom. The van der Waals surface area contributed by atoms with E-state index in [1.807, 2.05) is 48.5 Å². The molecular weight excluding hydrogens is 741 g/mol. The van der Waals surface area contributed by atoms with Crippen LogP contribution in [-0.2, 0) is 0 Å². The SMILES string of the molecule is [2H]c1nc2c(c([2H])c1[2H])c([2H])c([2H])c1c([2H])c([2H])c(-c3ccc(-c4ccc(-c5oc(-c6cc7ccccc7c7ccccc67)c(-c6ccccc6)c5-c5ccccc5)cc4)c4ccccc34)nc12. The molecule has 0 aliphatic heterocycles. The fourth-order valence-electron chi connectivity index (χ4n) is 8.83. The molecule has 3 heteroatoms. The first-order valence-electron chi connectivity index (χ1n) is 23.7. The number of hydrogen-bond donors (Lipinski definition) is 0. The number of aromatic nitrogens is 2. The van der Waals surface area contributed by atoms with Gasteiger partial charge >= 0.3 is 0 Å². The average Bonchev–Trinajstić information content (AvgIpc) is 3.78. The summed E-state index contributed by atoms with van der Waals surface area (Å²) >= 11 is 0. The molecule has 0 fully saturated rings. The Balaban J connectivity index is 1.03. The Morgan fingerprint density at radius 1 is 0.377 bits per heavy atom. The molecule has 284 valence electrons. The molecule has 0 saturated heterocycles. The Bertz CT molecular complexity index is 4040. The van der Waals surface area contributed by atoms with Gasteiger partial charge in [-0.3, -0.25) is 4.98 Å². The van der Waals surface area contributed by atoms with Gasteiger partial charge < -0.3 is 4.42 Å². The molecule has 9 aromatic carbocycles. The van der Waals surface area contributed by atoms with Gasteiger partial charge in [-0.05, 0) is 72.7 Å². The molecule has 0 saturated carbocycles. The first kappa shape index (κ1) is 28.3. The van der Waals surface area contributed by atoms with Crippen LogP contribution in [0.3, 0.4) is 0 Å². The third-order valence-electron chi connectivity index (χ3n) is 11.6. The maximum Gasteiger partial charge on any atom is 0.143 e. The highest BCUT2D eigenvalue weighted by Crippen LogP contribution is 2.50. The smallest absolute Gasteiger partial charge is 0.143 e. The van der Waals surface area contributed by atoms with Crippen LogP contribution in [0, 0.1) is 0 Å². The van der Waals surface area contributed by atoms with Crippen molar-refractivity contribution in [2.24, 2.45) is 0 Å². The Morgan fingerprint density at radius 3 is 1.64 bits per heavy atom. The number of fused-ring (bicyclic) bond motifs is 7. The molecule has 61 heavy (non-hydrogen) atoms. The van der Waals surface area contributed by atoms with Crippen molar-refractivity contribution < 1.29 is 14.0 Å². The summed E-state index contributed by atoms with van der Waals surface area (Å²) < 4.78 is 67.9. The average molecular weight is 784 g/mol. The Labute approximate surface area is 362 Å². The number of nitrogens with zero attached hydrogens (tertiary/aromatic N) is 2. The van der Waals surface area contributed by atoms with E-state index >= 15 is 0 Å². The predicted octanol–water partition coefficient (Wildman–Crippen LogP) is 15.8. The van der Waals surface area contributed by atoms with Crippen molar-refractivity contribution in [1.29, 1.82) is 0 Å². The molecule has 12 aromatic rings. The molecule has 0 amide bonds. The summed E-state index contributed by atoms with van der Waals surface area (Å²) in [5.74, 6) is 1.53. The van der Waals surface area contributed by atoms with Crippen LogP contribution in [-0.4, -0.2) is 9.97 Å². The summed E-state index contributed by atoms with van der Waals surface area (Å²) in [7, 11) is 0. The van der Waals surface area contributed by atoms with Gasteiger partial charge in [-0.1, -0.05) is 194 Å². The van der Waals surface area contributed by atoms with Crippen molar-refractivity contribution in [2.75, 3.05) is 0 Å². The van der Waals surface area contributed by atoms with Gasteiger partial charge in [0.1, 0.15) is 11.5 Å². The van der Waals surface area contributed by atoms with Gasteiger partial charge in [-0.15, -0.1) is 0 Å². The van der Waals surface area contributed by atoms with Crippen molar-refractivity contribution >= 4 is 54.1 Å². The second kappa shape index (κ2) is 14.3. The molecular formula is C58H36N2O.